The van der Waals surface area contributed by atoms with Crippen molar-refractivity contribution in [1.29, 1.82) is 0 Å². The first-order valence-corrected chi connectivity index (χ1v) is 5.28. The van der Waals surface area contributed by atoms with Gasteiger partial charge in [0.1, 0.15) is 5.56 Å². The maximum absolute atomic E-state index is 11.0. The molecule has 1 aromatic carbocycles. The summed E-state index contributed by atoms with van der Waals surface area (Å²) in [4.78, 5) is 22.0. The van der Waals surface area contributed by atoms with Crippen molar-refractivity contribution in [2.45, 2.75) is 6.92 Å². The lowest BCUT2D eigenvalue weighted by atomic mass is 10.2. The largest absolute Gasteiger partial charge is 0.490 e. The SMILES string of the molecule is CCOc1cccc(C(=O)O)c1OCC(=O)OC. The Bertz CT molecular complexity index is 440. The minimum atomic E-state index is -1.16. The summed E-state index contributed by atoms with van der Waals surface area (Å²) >= 11 is 0. The fourth-order valence-electron chi connectivity index (χ4n) is 1.29. The van der Waals surface area contributed by atoms with Crippen LogP contribution >= 0.6 is 0 Å². The van der Waals surface area contributed by atoms with Gasteiger partial charge in [0.2, 0.25) is 0 Å². The molecule has 0 spiro atoms. The summed E-state index contributed by atoms with van der Waals surface area (Å²) in [5.41, 5.74) is -0.0650. The number of ether oxygens (including phenoxy) is 3. The van der Waals surface area contributed by atoms with Crippen LogP contribution in [0, 0.1) is 0 Å². The maximum atomic E-state index is 11.0. The third kappa shape index (κ3) is 3.38. The predicted molar refractivity (Wildman–Crippen MR) is 62.1 cm³/mol. The molecule has 0 heterocycles. The van der Waals surface area contributed by atoms with E-state index in [2.05, 4.69) is 4.74 Å². The summed E-state index contributed by atoms with van der Waals surface area (Å²) in [6.07, 6.45) is 0. The number of methoxy groups -OCH3 is 1. The van der Waals surface area contributed by atoms with Crippen LogP contribution in [0.2, 0.25) is 0 Å². The summed E-state index contributed by atoms with van der Waals surface area (Å²) in [5, 5.41) is 9.03. The molecule has 0 atom stereocenters. The number of para-hydroxylation sites is 1. The summed E-state index contributed by atoms with van der Waals surface area (Å²) in [5.74, 6) is -1.45. The van der Waals surface area contributed by atoms with Gasteiger partial charge in [0.25, 0.3) is 0 Å². The molecule has 6 heteroatoms. The second kappa shape index (κ2) is 6.48. The molecule has 0 saturated heterocycles. The summed E-state index contributed by atoms with van der Waals surface area (Å²) in [7, 11) is 1.22. The number of rotatable bonds is 6. The number of carboxylic acids is 1. The Labute approximate surface area is 104 Å². The first kappa shape index (κ1) is 13.8. The molecular weight excluding hydrogens is 240 g/mol. The van der Waals surface area contributed by atoms with Crippen molar-refractivity contribution in [2.24, 2.45) is 0 Å². The molecule has 0 aromatic heterocycles. The van der Waals surface area contributed by atoms with Gasteiger partial charge in [-0.3, -0.25) is 0 Å². The van der Waals surface area contributed by atoms with Gasteiger partial charge < -0.3 is 19.3 Å². The van der Waals surface area contributed by atoms with Crippen LogP contribution in [-0.4, -0.2) is 37.4 Å². The highest BCUT2D eigenvalue weighted by atomic mass is 16.6. The fraction of sp³-hybridized carbons (Fsp3) is 0.333. The van der Waals surface area contributed by atoms with Gasteiger partial charge in [0.05, 0.1) is 13.7 Å². The Hall–Kier alpha value is -2.24. The first-order valence-electron chi connectivity index (χ1n) is 5.28. The zero-order chi connectivity index (χ0) is 13.5. The van der Waals surface area contributed by atoms with Gasteiger partial charge in [0.15, 0.2) is 18.1 Å². The van der Waals surface area contributed by atoms with E-state index in [1.807, 2.05) is 0 Å². The molecule has 0 unspecified atom stereocenters. The van der Waals surface area contributed by atoms with E-state index < -0.39 is 11.9 Å². The smallest absolute Gasteiger partial charge is 0.343 e. The van der Waals surface area contributed by atoms with E-state index in [0.717, 1.165) is 0 Å². The second-order valence-corrected chi connectivity index (χ2v) is 3.24. The highest BCUT2D eigenvalue weighted by molar-refractivity contribution is 5.92. The Kier molecular flexibility index (Phi) is 4.98. The number of benzene rings is 1. The Morgan fingerprint density at radius 3 is 2.56 bits per heavy atom. The van der Waals surface area contributed by atoms with Gasteiger partial charge in [-0.05, 0) is 19.1 Å². The lowest BCUT2D eigenvalue weighted by Gasteiger charge is -2.13. The Balaban J connectivity index is 3.02. The highest BCUT2D eigenvalue weighted by Crippen LogP contribution is 2.31. The third-order valence-electron chi connectivity index (χ3n) is 2.07. The van der Waals surface area contributed by atoms with Gasteiger partial charge >= 0.3 is 11.9 Å². The van der Waals surface area contributed by atoms with Crippen LogP contribution in [0.3, 0.4) is 0 Å². The van der Waals surface area contributed by atoms with E-state index in [0.29, 0.717) is 6.61 Å². The van der Waals surface area contributed by atoms with E-state index in [1.54, 1.807) is 19.1 Å². The second-order valence-electron chi connectivity index (χ2n) is 3.24. The molecule has 18 heavy (non-hydrogen) atoms. The number of aromatic carboxylic acids is 1. The lowest BCUT2D eigenvalue weighted by Crippen LogP contribution is -2.15. The normalized spacial score (nSPS) is 9.67. The quantitative estimate of drug-likeness (QED) is 0.771. The lowest BCUT2D eigenvalue weighted by molar-refractivity contribution is -0.142. The molecule has 1 aromatic rings. The molecule has 0 aliphatic carbocycles. The molecule has 1 N–H and O–H groups in total. The average Bonchev–Trinajstić information content (AvgIpc) is 2.36. The van der Waals surface area contributed by atoms with Crippen molar-refractivity contribution >= 4 is 11.9 Å². The molecular formula is C12H14O6. The molecule has 0 bridgehead atoms. The van der Waals surface area contributed by atoms with Crippen LogP contribution in [0.15, 0.2) is 18.2 Å². The maximum Gasteiger partial charge on any atom is 0.343 e. The molecule has 98 valence electrons. The van der Waals surface area contributed by atoms with Crippen molar-refractivity contribution in [3.8, 4) is 11.5 Å². The summed E-state index contributed by atoms with van der Waals surface area (Å²) < 4.78 is 14.8. The molecule has 6 nitrogen and oxygen atoms in total. The zero-order valence-electron chi connectivity index (χ0n) is 10.1. The zero-order valence-corrected chi connectivity index (χ0v) is 10.1. The number of hydrogen-bond acceptors (Lipinski definition) is 5. The van der Waals surface area contributed by atoms with Crippen LogP contribution in [-0.2, 0) is 9.53 Å². The standard InChI is InChI=1S/C12H14O6/c1-3-17-9-6-4-5-8(12(14)15)11(9)18-7-10(13)16-2/h4-6H,3,7H2,1-2H3,(H,14,15). The predicted octanol–water partition coefficient (Wildman–Crippen LogP) is 1.34. The van der Waals surface area contributed by atoms with Crippen molar-refractivity contribution in [2.75, 3.05) is 20.3 Å². The number of hydrogen-bond donors (Lipinski definition) is 1. The van der Waals surface area contributed by atoms with Crippen LogP contribution < -0.4 is 9.47 Å². The van der Waals surface area contributed by atoms with E-state index >= 15 is 0 Å². The number of carbonyl (C=O) groups is 2. The number of esters is 1. The van der Waals surface area contributed by atoms with Crippen molar-refractivity contribution in [1.82, 2.24) is 0 Å². The van der Waals surface area contributed by atoms with E-state index in [9.17, 15) is 9.59 Å². The third-order valence-corrected chi connectivity index (χ3v) is 2.07. The number of carbonyl (C=O) groups excluding carboxylic acids is 1. The van der Waals surface area contributed by atoms with Crippen LogP contribution in [0.5, 0.6) is 11.5 Å². The van der Waals surface area contributed by atoms with Gasteiger partial charge in [-0.1, -0.05) is 6.07 Å². The summed E-state index contributed by atoms with van der Waals surface area (Å²) in [6.45, 7) is 1.75. The van der Waals surface area contributed by atoms with Gasteiger partial charge in [-0.25, -0.2) is 9.59 Å². The average molecular weight is 254 g/mol. The van der Waals surface area contributed by atoms with Gasteiger partial charge in [-0.15, -0.1) is 0 Å². The Morgan fingerprint density at radius 2 is 2.00 bits per heavy atom. The first-order chi connectivity index (χ1) is 8.60. The molecule has 1 rings (SSSR count). The Morgan fingerprint density at radius 1 is 1.28 bits per heavy atom. The molecule has 0 aliphatic heterocycles. The van der Waals surface area contributed by atoms with Crippen LogP contribution in [0.1, 0.15) is 17.3 Å². The molecule has 0 aliphatic rings. The minimum absolute atomic E-state index is 0.0252. The molecule has 0 fully saturated rings. The van der Waals surface area contributed by atoms with Crippen LogP contribution in [0.25, 0.3) is 0 Å². The molecule has 0 saturated carbocycles. The van der Waals surface area contributed by atoms with Crippen molar-refractivity contribution < 1.29 is 28.9 Å². The van der Waals surface area contributed by atoms with Crippen molar-refractivity contribution in [3.63, 3.8) is 0 Å². The van der Waals surface area contributed by atoms with Gasteiger partial charge in [0, 0.05) is 0 Å². The van der Waals surface area contributed by atoms with Crippen LogP contribution in [0.4, 0.5) is 0 Å². The van der Waals surface area contributed by atoms with E-state index in [1.165, 1.54) is 13.2 Å². The minimum Gasteiger partial charge on any atom is -0.490 e. The van der Waals surface area contributed by atoms with E-state index in [-0.39, 0.29) is 23.7 Å². The van der Waals surface area contributed by atoms with Gasteiger partial charge in [-0.2, -0.15) is 0 Å². The topological polar surface area (TPSA) is 82.1 Å². The monoisotopic (exact) mass is 254 g/mol. The fourth-order valence-corrected chi connectivity index (χ4v) is 1.29. The summed E-state index contributed by atoms with van der Waals surface area (Å²) in [6, 6.07) is 4.49. The van der Waals surface area contributed by atoms with Crippen molar-refractivity contribution in [3.05, 3.63) is 23.8 Å². The molecule has 0 radical (unpaired) electrons. The number of carboxylic acid groups (broad SMARTS) is 1. The highest BCUT2D eigenvalue weighted by Gasteiger charge is 2.17. The van der Waals surface area contributed by atoms with E-state index in [4.69, 9.17) is 14.6 Å². The molecule has 0 amide bonds.